The summed E-state index contributed by atoms with van der Waals surface area (Å²) in [6, 6.07) is 51.4. The van der Waals surface area contributed by atoms with Crippen molar-refractivity contribution < 1.29 is 34.5 Å². The van der Waals surface area contributed by atoms with Gasteiger partial charge >= 0.3 is 11.9 Å². The fourth-order valence-corrected chi connectivity index (χ4v) is 7.14. The van der Waals surface area contributed by atoms with Crippen LogP contribution in [0.2, 0.25) is 0 Å². The summed E-state index contributed by atoms with van der Waals surface area (Å²) in [5.41, 5.74) is 2.63. The van der Waals surface area contributed by atoms with Crippen molar-refractivity contribution in [2.45, 2.75) is 17.7 Å². The summed E-state index contributed by atoms with van der Waals surface area (Å²) in [5, 5.41) is 40.3. The molecule has 1 heterocycles. The van der Waals surface area contributed by atoms with Gasteiger partial charge in [-0.1, -0.05) is 163 Å². The maximum absolute atomic E-state index is 14.0. The van der Waals surface area contributed by atoms with Crippen LogP contribution in [0.1, 0.15) is 51.3 Å². The highest BCUT2D eigenvalue weighted by Crippen LogP contribution is 2.41. The number of aromatic nitrogens is 1. The van der Waals surface area contributed by atoms with E-state index in [1.165, 1.54) is 28.8 Å². The number of aromatic hydroxyl groups is 2. The molecule has 0 aliphatic heterocycles. The molecule has 0 aliphatic rings. The Bertz CT molecular complexity index is 2290. The molecule has 10 nitrogen and oxygen atoms in total. The molecule has 0 spiro atoms. The molecule has 0 aliphatic carbocycles. The molecule has 0 unspecified atom stereocenters. The smallest absolute Gasteiger partial charge is 0.360 e. The van der Waals surface area contributed by atoms with Gasteiger partial charge < -0.3 is 30.2 Å². The number of thiazole rings is 1. The van der Waals surface area contributed by atoms with E-state index in [1.54, 1.807) is 0 Å². The predicted molar refractivity (Wildman–Crippen MR) is 214 cm³/mol. The summed E-state index contributed by atoms with van der Waals surface area (Å²) >= 11 is 1.18. The Labute approximate surface area is 326 Å². The molecule has 56 heavy (non-hydrogen) atoms. The van der Waals surface area contributed by atoms with Crippen LogP contribution >= 0.6 is 11.3 Å². The minimum absolute atomic E-state index is 0.0276. The maximum Gasteiger partial charge on any atom is 0.360 e. The number of carboxylic acid groups (broad SMARTS) is 1. The van der Waals surface area contributed by atoms with Crippen LogP contribution in [-0.2, 0) is 24.7 Å². The number of ether oxygens (including phenoxy) is 1. The van der Waals surface area contributed by atoms with Crippen LogP contribution in [0.3, 0.4) is 0 Å². The second-order valence-corrected chi connectivity index (χ2v) is 13.5. The van der Waals surface area contributed by atoms with Crippen LogP contribution in [0.4, 0.5) is 5.13 Å². The zero-order valence-corrected chi connectivity index (χ0v) is 30.5. The minimum Gasteiger partial charge on any atom is -0.504 e. The number of hydrogen-bond donors (Lipinski definition) is 4. The lowest BCUT2D eigenvalue weighted by atomic mass is 9.77. The third kappa shape index (κ3) is 7.98. The monoisotopic (exact) mass is 761 g/mol. The predicted octanol–water partition coefficient (Wildman–Crippen LogP) is 8.84. The average molecular weight is 762 g/mol. The summed E-state index contributed by atoms with van der Waals surface area (Å²) in [6.45, 7) is 0. The molecule has 4 N–H and O–H groups in total. The van der Waals surface area contributed by atoms with Gasteiger partial charge in [-0.15, -0.1) is 11.3 Å². The molecular formula is C45H35N3O7S. The highest BCUT2D eigenvalue weighted by molar-refractivity contribution is 7.14. The van der Waals surface area contributed by atoms with E-state index >= 15 is 0 Å². The van der Waals surface area contributed by atoms with Gasteiger partial charge in [0.2, 0.25) is 11.8 Å². The van der Waals surface area contributed by atoms with E-state index in [0.717, 1.165) is 22.8 Å². The number of carbonyl (C=O) groups excluding carboxylic acids is 1. The quantitative estimate of drug-likeness (QED) is 0.0280. The zero-order valence-electron chi connectivity index (χ0n) is 29.7. The molecule has 7 aromatic rings. The summed E-state index contributed by atoms with van der Waals surface area (Å²) in [5.74, 6) is -3.35. The Balaban J connectivity index is 1.25. The topological polar surface area (TPSA) is 151 Å². The number of rotatable bonds is 14. The fraction of sp³-hybridized carbons (Fsp3) is 0.0667. The number of nitrogens with zero attached hydrogens (tertiary/aromatic N) is 2. The van der Waals surface area contributed by atoms with Crippen molar-refractivity contribution in [3.8, 4) is 11.5 Å². The Hall–Kier alpha value is -7.24. The first-order valence-corrected chi connectivity index (χ1v) is 18.4. The lowest BCUT2D eigenvalue weighted by Crippen LogP contribution is -2.38. The minimum atomic E-state index is -1.66. The molecule has 1 atom stereocenters. The number of anilines is 1. The number of carbonyl (C=O) groups is 2. The highest BCUT2D eigenvalue weighted by Gasteiger charge is 2.37. The number of phenols is 2. The molecular weight excluding hydrogens is 727 g/mol. The Morgan fingerprint density at radius 1 is 0.643 bits per heavy atom. The van der Waals surface area contributed by atoms with E-state index in [1.807, 2.05) is 152 Å². The number of aliphatic carboxylic acids is 1. The van der Waals surface area contributed by atoms with Crippen LogP contribution in [-0.4, -0.2) is 38.0 Å². The summed E-state index contributed by atoms with van der Waals surface area (Å²) in [6.07, 6.45) is -2.53. The standard InChI is InChI=1S/C45H35N3O7S/c49-37-27-26-32(28-38(37)50)41(43(53)54-40(30-16-6-1-7-17-30)31-18-8-2-9-19-31)55-48-39(42(51)52)36-29-56-44(46-36)47-45(33-20-10-3-11-21-33,34-22-12-4-13-23-34)35-24-14-5-15-25-35/h1-29,40-41,49-50H,(H,46,47)(H,51,52)/b48-39-/t41-/m1/s1. The normalized spacial score (nSPS) is 12.1. The van der Waals surface area contributed by atoms with Gasteiger partial charge in [0.05, 0.1) is 0 Å². The fourth-order valence-electron chi connectivity index (χ4n) is 6.39. The molecule has 0 fully saturated rings. The first-order valence-electron chi connectivity index (χ1n) is 17.5. The van der Waals surface area contributed by atoms with E-state index < -0.39 is 46.9 Å². The Morgan fingerprint density at radius 2 is 1.12 bits per heavy atom. The van der Waals surface area contributed by atoms with Crippen LogP contribution in [0.25, 0.3) is 0 Å². The number of nitrogens with one attached hydrogen (secondary N) is 1. The van der Waals surface area contributed by atoms with E-state index in [9.17, 15) is 24.9 Å². The van der Waals surface area contributed by atoms with Crippen LogP contribution in [0.5, 0.6) is 11.5 Å². The van der Waals surface area contributed by atoms with Crippen molar-refractivity contribution in [3.63, 3.8) is 0 Å². The van der Waals surface area contributed by atoms with Crippen LogP contribution < -0.4 is 5.32 Å². The van der Waals surface area contributed by atoms with Gasteiger partial charge in [0.15, 0.2) is 22.7 Å². The lowest BCUT2D eigenvalue weighted by Gasteiger charge is -2.36. The van der Waals surface area contributed by atoms with Gasteiger partial charge in [-0.3, -0.25) is 0 Å². The molecule has 0 bridgehead atoms. The largest absolute Gasteiger partial charge is 0.504 e. The van der Waals surface area contributed by atoms with Crippen LogP contribution in [0, 0.1) is 0 Å². The van der Waals surface area contributed by atoms with Gasteiger partial charge in [0.1, 0.15) is 11.2 Å². The van der Waals surface area contributed by atoms with Crippen LogP contribution in [0.15, 0.2) is 180 Å². The lowest BCUT2D eigenvalue weighted by molar-refractivity contribution is -0.162. The van der Waals surface area contributed by atoms with Gasteiger partial charge in [0.25, 0.3) is 0 Å². The number of esters is 1. The van der Waals surface area contributed by atoms with Crippen molar-refractivity contribution in [2.75, 3.05) is 5.32 Å². The van der Waals surface area contributed by atoms with Crippen molar-refractivity contribution in [3.05, 3.63) is 214 Å². The Kier molecular flexibility index (Phi) is 11.2. The number of carboxylic acids is 1. The third-order valence-corrected chi connectivity index (χ3v) is 9.83. The van der Waals surface area contributed by atoms with E-state index in [0.29, 0.717) is 16.3 Å². The van der Waals surface area contributed by atoms with E-state index in [2.05, 4.69) is 15.5 Å². The average Bonchev–Trinajstić information content (AvgIpc) is 3.71. The molecule has 0 amide bonds. The molecule has 1 aromatic heterocycles. The second kappa shape index (κ2) is 16.8. The zero-order chi connectivity index (χ0) is 38.9. The van der Waals surface area contributed by atoms with E-state index in [-0.39, 0.29) is 11.3 Å². The third-order valence-electron chi connectivity index (χ3n) is 9.07. The molecule has 278 valence electrons. The SMILES string of the molecule is O=C(O)/C(=N\O[C@@H](C(=O)OC(c1ccccc1)c1ccccc1)c1ccc(O)c(O)c1)c1csc(NC(c2ccccc2)(c2ccccc2)c2ccccc2)n1. The van der Waals surface area contributed by atoms with Crippen molar-refractivity contribution in [1.29, 1.82) is 0 Å². The second-order valence-electron chi connectivity index (χ2n) is 12.6. The van der Waals surface area contributed by atoms with Crippen molar-refractivity contribution >= 4 is 34.1 Å². The van der Waals surface area contributed by atoms with Gasteiger partial charge in [-0.05, 0) is 39.9 Å². The van der Waals surface area contributed by atoms with Crippen molar-refractivity contribution in [2.24, 2.45) is 5.16 Å². The van der Waals surface area contributed by atoms with Gasteiger partial charge in [0, 0.05) is 10.9 Å². The van der Waals surface area contributed by atoms with E-state index in [4.69, 9.17) is 9.57 Å². The first-order chi connectivity index (χ1) is 27.3. The van der Waals surface area contributed by atoms with Crippen molar-refractivity contribution in [1.82, 2.24) is 4.98 Å². The Morgan fingerprint density at radius 3 is 1.59 bits per heavy atom. The molecule has 7 rings (SSSR count). The summed E-state index contributed by atoms with van der Waals surface area (Å²) < 4.78 is 6.04. The maximum atomic E-state index is 14.0. The number of oxime groups is 1. The molecule has 0 radical (unpaired) electrons. The number of phenolic OH excluding ortho intramolecular Hbond substituents is 2. The number of hydrogen-bond acceptors (Lipinski definition) is 10. The molecule has 6 aromatic carbocycles. The summed E-state index contributed by atoms with van der Waals surface area (Å²) in [7, 11) is 0. The molecule has 0 saturated carbocycles. The van der Waals surface area contributed by atoms with Gasteiger partial charge in [-0.25, -0.2) is 14.6 Å². The molecule has 11 heteroatoms. The first kappa shape index (κ1) is 37.1. The highest BCUT2D eigenvalue weighted by atomic mass is 32.1. The number of benzene rings is 6. The van der Waals surface area contributed by atoms with Gasteiger partial charge in [-0.2, -0.15) is 0 Å². The summed E-state index contributed by atoms with van der Waals surface area (Å²) in [4.78, 5) is 37.2. The molecule has 0 saturated heterocycles.